The number of aliphatic hydroxyl groups is 2. The van der Waals surface area contributed by atoms with Gasteiger partial charge in [-0.25, -0.2) is 4.98 Å². The Morgan fingerprint density at radius 2 is 1.63 bits per heavy atom. The highest BCUT2D eigenvalue weighted by atomic mass is 16.5. The number of hydrogen-bond donors (Lipinski definition) is 9. The van der Waals surface area contributed by atoms with Crippen molar-refractivity contribution >= 4 is 29.6 Å². The van der Waals surface area contributed by atoms with Crippen molar-refractivity contribution < 1.29 is 29.4 Å². The quantitative estimate of drug-likeness (QED) is 0.0487. The normalized spacial score (nSPS) is 14.5. The SMILES string of the molecule is CC(=O)N[C@H](C(=O)N[C@@H](CCCN=C(N)N)C(=O)N[C@@H](Cc1cnc[nH]1)C(=O)N[C@@H](C)C(C)(O)O)C(C)C. The second-order valence-corrected chi connectivity index (χ2v) is 9.60. The number of aliphatic imine (C=N–C) groups is 1. The van der Waals surface area contributed by atoms with E-state index in [1.165, 1.54) is 26.4 Å². The van der Waals surface area contributed by atoms with E-state index >= 15 is 0 Å². The summed E-state index contributed by atoms with van der Waals surface area (Å²) in [5.41, 5.74) is 11.2. The molecule has 1 aromatic rings. The predicted octanol–water partition coefficient (Wildman–Crippen LogP) is -2.66. The standard InChI is InChI=1S/C23H41N9O6/c1-12(2)18(30-14(4)33)21(36)31-16(7-6-8-27-22(24)25)19(34)32-17(9-15-10-26-11-28-15)20(35)29-13(3)23(5,37)38/h10-13,16-18,37-38H,6-9H2,1-5H3,(H,26,28)(H,29,35)(H,30,33)(H,31,36)(H,32,34)(H4,24,25,27)/t13-,16-,17-,18-/m0/s1. The molecule has 0 aromatic carbocycles. The third-order valence-electron chi connectivity index (χ3n) is 5.68. The van der Waals surface area contributed by atoms with Gasteiger partial charge in [0.1, 0.15) is 18.1 Å². The molecule has 0 aliphatic carbocycles. The first kappa shape index (κ1) is 32.3. The molecule has 0 fully saturated rings. The van der Waals surface area contributed by atoms with E-state index in [0.29, 0.717) is 12.1 Å². The second kappa shape index (κ2) is 14.9. The molecule has 15 nitrogen and oxygen atoms in total. The molecule has 11 N–H and O–H groups in total. The molecule has 0 bridgehead atoms. The van der Waals surface area contributed by atoms with Gasteiger partial charge in [-0.1, -0.05) is 13.8 Å². The number of carbonyl (C=O) groups excluding carboxylic acids is 4. The fourth-order valence-corrected chi connectivity index (χ4v) is 3.34. The summed E-state index contributed by atoms with van der Waals surface area (Å²) >= 11 is 0. The molecule has 0 unspecified atom stereocenters. The molecule has 38 heavy (non-hydrogen) atoms. The van der Waals surface area contributed by atoms with Gasteiger partial charge in [-0.3, -0.25) is 24.2 Å². The zero-order valence-electron chi connectivity index (χ0n) is 22.4. The van der Waals surface area contributed by atoms with Gasteiger partial charge < -0.3 is 47.9 Å². The van der Waals surface area contributed by atoms with Crippen LogP contribution >= 0.6 is 0 Å². The summed E-state index contributed by atoms with van der Waals surface area (Å²) in [5.74, 6) is -4.92. The second-order valence-electron chi connectivity index (χ2n) is 9.60. The van der Waals surface area contributed by atoms with Gasteiger partial charge >= 0.3 is 0 Å². The number of aromatic nitrogens is 2. The summed E-state index contributed by atoms with van der Waals surface area (Å²) in [5, 5.41) is 29.9. The molecule has 0 aliphatic heterocycles. The maximum Gasteiger partial charge on any atom is 0.243 e. The Balaban J connectivity index is 3.14. The largest absolute Gasteiger partial charge is 0.370 e. The van der Waals surface area contributed by atoms with E-state index in [2.05, 4.69) is 36.2 Å². The number of aromatic amines is 1. The molecular formula is C23H41N9O6. The van der Waals surface area contributed by atoms with Crippen LogP contribution in [0.3, 0.4) is 0 Å². The van der Waals surface area contributed by atoms with Crippen LogP contribution in [0.5, 0.6) is 0 Å². The zero-order valence-corrected chi connectivity index (χ0v) is 22.4. The summed E-state index contributed by atoms with van der Waals surface area (Å²) in [6, 6.07) is -4.20. The molecule has 0 spiro atoms. The first-order valence-electron chi connectivity index (χ1n) is 12.3. The fraction of sp³-hybridized carbons (Fsp3) is 0.652. The van der Waals surface area contributed by atoms with Gasteiger partial charge in [0.25, 0.3) is 0 Å². The molecule has 1 aromatic heterocycles. The lowest BCUT2D eigenvalue weighted by molar-refractivity contribution is -0.168. The highest BCUT2D eigenvalue weighted by molar-refractivity contribution is 5.94. The molecule has 4 amide bonds. The molecule has 1 heterocycles. The minimum Gasteiger partial charge on any atom is -0.370 e. The number of nitrogens with zero attached hydrogens (tertiary/aromatic N) is 2. The van der Waals surface area contributed by atoms with Gasteiger partial charge in [-0.05, 0) is 32.6 Å². The van der Waals surface area contributed by atoms with Crippen LogP contribution in [0, 0.1) is 5.92 Å². The molecule has 214 valence electrons. The first-order chi connectivity index (χ1) is 17.6. The van der Waals surface area contributed by atoms with E-state index in [4.69, 9.17) is 11.5 Å². The van der Waals surface area contributed by atoms with Crippen molar-refractivity contribution in [3.63, 3.8) is 0 Å². The summed E-state index contributed by atoms with van der Waals surface area (Å²) in [7, 11) is 0. The number of amides is 4. The zero-order chi connectivity index (χ0) is 29.0. The van der Waals surface area contributed by atoms with Crippen LogP contribution in [0.1, 0.15) is 53.2 Å². The van der Waals surface area contributed by atoms with E-state index in [9.17, 15) is 29.4 Å². The third kappa shape index (κ3) is 11.6. The minimum absolute atomic E-state index is 0.00699. The van der Waals surface area contributed by atoms with Crippen LogP contribution in [0.15, 0.2) is 17.5 Å². The van der Waals surface area contributed by atoms with Gasteiger partial charge in [0.05, 0.1) is 12.4 Å². The first-order valence-corrected chi connectivity index (χ1v) is 12.3. The van der Waals surface area contributed by atoms with Crippen molar-refractivity contribution in [3.8, 4) is 0 Å². The number of H-pyrrole nitrogens is 1. The highest BCUT2D eigenvalue weighted by Gasteiger charge is 2.33. The number of guanidine groups is 1. The molecular weight excluding hydrogens is 498 g/mol. The number of carbonyl (C=O) groups is 4. The molecule has 4 atom stereocenters. The lowest BCUT2D eigenvalue weighted by Crippen LogP contribution is -2.59. The van der Waals surface area contributed by atoms with Crippen molar-refractivity contribution in [2.24, 2.45) is 22.4 Å². The van der Waals surface area contributed by atoms with Crippen molar-refractivity contribution in [1.82, 2.24) is 31.2 Å². The van der Waals surface area contributed by atoms with E-state index in [1.807, 2.05) is 0 Å². The molecule has 1 rings (SSSR count). The molecule has 0 aliphatic rings. The van der Waals surface area contributed by atoms with E-state index in [-0.39, 0.29) is 31.3 Å². The number of hydrogen-bond acceptors (Lipinski definition) is 8. The Labute approximate surface area is 221 Å². The topological polar surface area (TPSA) is 250 Å². The Bertz CT molecular complexity index is 955. The molecule has 0 saturated heterocycles. The molecule has 15 heteroatoms. The minimum atomic E-state index is -2.20. The van der Waals surface area contributed by atoms with Crippen LogP contribution in [0.25, 0.3) is 0 Å². The monoisotopic (exact) mass is 539 g/mol. The fourth-order valence-electron chi connectivity index (χ4n) is 3.34. The van der Waals surface area contributed by atoms with Crippen LogP contribution in [0.2, 0.25) is 0 Å². The van der Waals surface area contributed by atoms with Crippen molar-refractivity contribution in [3.05, 3.63) is 18.2 Å². The smallest absolute Gasteiger partial charge is 0.243 e. The van der Waals surface area contributed by atoms with Gasteiger partial charge in [0.15, 0.2) is 11.7 Å². The summed E-state index contributed by atoms with van der Waals surface area (Å²) in [4.78, 5) is 61.6. The van der Waals surface area contributed by atoms with Crippen molar-refractivity contribution in [1.29, 1.82) is 0 Å². The van der Waals surface area contributed by atoms with Crippen LogP contribution in [-0.2, 0) is 25.6 Å². The molecule has 0 radical (unpaired) electrons. The Kier molecular flexibility index (Phi) is 12.6. The average molecular weight is 540 g/mol. The van der Waals surface area contributed by atoms with Crippen LogP contribution in [0.4, 0.5) is 0 Å². The Hall–Kier alpha value is -3.72. The summed E-state index contributed by atoms with van der Waals surface area (Å²) in [6.07, 6.45) is 3.35. The number of nitrogens with one attached hydrogen (secondary N) is 5. The highest BCUT2D eigenvalue weighted by Crippen LogP contribution is 2.09. The summed E-state index contributed by atoms with van der Waals surface area (Å²) < 4.78 is 0. The average Bonchev–Trinajstić information content (AvgIpc) is 3.30. The van der Waals surface area contributed by atoms with E-state index in [1.54, 1.807) is 13.8 Å². The lowest BCUT2D eigenvalue weighted by Gasteiger charge is -2.29. The van der Waals surface area contributed by atoms with Crippen molar-refractivity contribution in [2.75, 3.05) is 6.54 Å². The predicted molar refractivity (Wildman–Crippen MR) is 139 cm³/mol. The lowest BCUT2D eigenvalue weighted by atomic mass is 10.0. The number of imidazole rings is 1. The van der Waals surface area contributed by atoms with Gasteiger partial charge in [-0.2, -0.15) is 0 Å². The van der Waals surface area contributed by atoms with Gasteiger partial charge in [0.2, 0.25) is 23.6 Å². The third-order valence-corrected chi connectivity index (χ3v) is 5.68. The van der Waals surface area contributed by atoms with Crippen LogP contribution < -0.4 is 32.7 Å². The summed E-state index contributed by atoms with van der Waals surface area (Å²) in [6.45, 7) is 7.48. The van der Waals surface area contributed by atoms with Gasteiger partial charge in [0, 0.05) is 31.8 Å². The van der Waals surface area contributed by atoms with Crippen LogP contribution in [-0.4, -0.2) is 86.3 Å². The Morgan fingerprint density at radius 1 is 1.03 bits per heavy atom. The Morgan fingerprint density at radius 3 is 2.13 bits per heavy atom. The van der Waals surface area contributed by atoms with Crippen molar-refractivity contribution in [2.45, 2.75) is 83.8 Å². The maximum absolute atomic E-state index is 13.3. The van der Waals surface area contributed by atoms with E-state index in [0.717, 1.165) is 6.92 Å². The van der Waals surface area contributed by atoms with Gasteiger partial charge in [-0.15, -0.1) is 0 Å². The maximum atomic E-state index is 13.3. The number of rotatable bonds is 15. The molecule has 0 saturated carbocycles. The number of nitrogens with two attached hydrogens (primary N) is 2. The van der Waals surface area contributed by atoms with E-state index < -0.39 is 53.6 Å².